The number of H-pyrrole nitrogens is 1. The van der Waals surface area contributed by atoms with Gasteiger partial charge in [-0.1, -0.05) is 25.1 Å². The van der Waals surface area contributed by atoms with Crippen LogP contribution in [0.2, 0.25) is 0 Å². The SMILES string of the molecule is CCc1cccc2c(C3CCN(C(=O)c4ccc(C(=O)O)c(C)n4)CC3)c[nH]c12. The molecule has 29 heavy (non-hydrogen) atoms. The third-order valence-corrected chi connectivity index (χ3v) is 5.97. The molecule has 0 spiro atoms. The zero-order valence-corrected chi connectivity index (χ0v) is 16.7. The highest BCUT2D eigenvalue weighted by Gasteiger charge is 2.27. The number of carbonyl (C=O) groups excluding carboxylic acids is 1. The highest BCUT2D eigenvalue weighted by molar-refractivity contribution is 5.94. The van der Waals surface area contributed by atoms with Gasteiger partial charge < -0.3 is 15.0 Å². The molecule has 3 aromatic rings. The quantitative estimate of drug-likeness (QED) is 0.699. The van der Waals surface area contributed by atoms with Gasteiger partial charge in [-0.05, 0) is 55.4 Å². The Morgan fingerprint density at radius 1 is 1.21 bits per heavy atom. The Labute approximate surface area is 169 Å². The van der Waals surface area contributed by atoms with Crippen molar-refractivity contribution in [1.82, 2.24) is 14.9 Å². The van der Waals surface area contributed by atoms with E-state index in [-0.39, 0.29) is 11.5 Å². The van der Waals surface area contributed by atoms with Gasteiger partial charge in [0.1, 0.15) is 5.69 Å². The zero-order chi connectivity index (χ0) is 20.5. The summed E-state index contributed by atoms with van der Waals surface area (Å²) >= 11 is 0. The predicted octanol–water partition coefficient (Wildman–Crippen LogP) is 4.15. The number of carboxylic acids is 1. The number of aromatic carboxylic acids is 1. The summed E-state index contributed by atoms with van der Waals surface area (Å²) in [4.78, 5) is 33.5. The second-order valence-electron chi connectivity index (χ2n) is 7.64. The average molecular weight is 391 g/mol. The lowest BCUT2D eigenvalue weighted by atomic mass is 9.88. The number of likely N-dealkylation sites (tertiary alicyclic amines) is 1. The Morgan fingerprint density at radius 2 is 1.97 bits per heavy atom. The molecule has 1 fully saturated rings. The standard InChI is InChI=1S/C23H25N3O3/c1-3-15-5-4-6-18-19(13-24-21(15)18)16-9-11-26(12-10-16)22(27)20-8-7-17(23(28)29)14(2)25-20/h4-8,13,16,24H,3,9-12H2,1-2H3,(H,28,29). The van der Waals surface area contributed by atoms with E-state index in [2.05, 4.69) is 41.3 Å². The van der Waals surface area contributed by atoms with Crippen molar-refractivity contribution in [3.8, 4) is 0 Å². The second-order valence-corrected chi connectivity index (χ2v) is 7.64. The number of para-hydroxylation sites is 1. The Bertz CT molecular complexity index is 1080. The number of pyridine rings is 1. The van der Waals surface area contributed by atoms with E-state index in [4.69, 9.17) is 5.11 Å². The molecular formula is C23H25N3O3. The molecule has 150 valence electrons. The number of nitrogens with one attached hydrogen (secondary N) is 1. The maximum absolute atomic E-state index is 12.8. The van der Waals surface area contributed by atoms with E-state index in [0.717, 1.165) is 19.3 Å². The molecule has 0 saturated carbocycles. The first kappa shape index (κ1) is 19.2. The molecule has 4 rings (SSSR count). The number of carboxylic acid groups (broad SMARTS) is 1. The normalized spacial score (nSPS) is 15.0. The van der Waals surface area contributed by atoms with Crippen LogP contribution in [0, 0.1) is 6.92 Å². The van der Waals surface area contributed by atoms with Crippen LogP contribution in [-0.4, -0.2) is 44.9 Å². The number of rotatable bonds is 4. The number of benzene rings is 1. The van der Waals surface area contributed by atoms with Gasteiger partial charge in [0.25, 0.3) is 5.91 Å². The molecule has 2 N–H and O–H groups in total. The smallest absolute Gasteiger partial charge is 0.337 e. The average Bonchev–Trinajstić information content (AvgIpc) is 3.17. The van der Waals surface area contributed by atoms with Gasteiger partial charge in [0, 0.05) is 30.2 Å². The van der Waals surface area contributed by atoms with E-state index in [9.17, 15) is 9.59 Å². The van der Waals surface area contributed by atoms with Gasteiger partial charge in [-0.15, -0.1) is 0 Å². The summed E-state index contributed by atoms with van der Waals surface area (Å²) < 4.78 is 0. The molecule has 0 bridgehead atoms. The number of amides is 1. The van der Waals surface area contributed by atoms with Gasteiger partial charge >= 0.3 is 5.97 Å². The van der Waals surface area contributed by atoms with Gasteiger partial charge in [0.15, 0.2) is 0 Å². The highest BCUT2D eigenvalue weighted by atomic mass is 16.4. The van der Waals surface area contributed by atoms with Gasteiger partial charge in [0.05, 0.1) is 11.3 Å². The predicted molar refractivity (Wildman–Crippen MR) is 111 cm³/mol. The number of piperidine rings is 1. The maximum atomic E-state index is 12.8. The van der Waals surface area contributed by atoms with Crippen molar-refractivity contribution < 1.29 is 14.7 Å². The number of hydrogen-bond donors (Lipinski definition) is 2. The lowest BCUT2D eigenvalue weighted by molar-refractivity contribution is 0.0684. The molecule has 0 unspecified atom stereocenters. The number of carbonyl (C=O) groups is 2. The summed E-state index contributed by atoms with van der Waals surface area (Å²) in [6, 6.07) is 9.42. The number of aromatic nitrogens is 2. The van der Waals surface area contributed by atoms with Gasteiger partial charge in [0.2, 0.25) is 0 Å². The van der Waals surface area contributed by atoms with Crippen LogP contribution in [0.15, 0.2) is 36.5 Å². The topological polar surface area (TPSA) is 86.3 Å². The van der Waals surface area contributed by atoms with E-state index < -0.39 is 5.97 Å². The summed E-state index contributed by atoms with van der Waals surface area (Å²) in [5, 5.41) is 10.4. The molecule has 1 amide bonds. The summed E-state index contributed by atoms with van der Waals surface area (Å²) in [5.74, 6) is -0.737. The summed E-state index contributed by atoms with van der Waals surface area (Å²) in [5.41, 5.74) is 4.69. The molecule has 2 aromatic heterocycles. The molecule has 0 atom stereocenters. The lowest BCUT2D eigenvalue weighted by Gasteiger charge is -2.32. The fourth-order valence-corrected chi connectivity index (χ4v) is 4.33. The highest BCUT2D eigenvalue weighted by Crippen LogP contribution is 2.34. The first-order chi connectivity index (χ1) is 14.0. The summed E-state index contributed by atoms with van der Waals surface area (Å²) in [7, 11) is 0. The largest absolute Gasteiger partial charge is 0.478 e. The third-order valence-electron chi connectivity index (χ3n) is 5.97. The molecule has 3 heterocycles. The fourth-order valence-electron chi connectivity index (χ4n) is 4.33. The van der Waals surface area contributed by atoms with Crippen LogP contribution < -0.4 is 0 Å². The zero-order valence-electron chi connectivity index (χ0n) is 16.7. The Kier molecular flexibility index (Phi) is 5.09. The van der Waals surface area contributed by atoms with Crippen molar-refractivity contribution in [2.24, 2.45) is 0 Å². The minimum atomic E-state index is -1.03. The molecular weight excluding hydrogens is 366 g/mol. The Hall–Kier alpha value is -3.15. The molecule has 1 saturated heterocycles. The van der Waals surface area contributed by atoms with Crippen LogP contribution in [0.3, 0.4) is 0 Å². The Balaban J connectivity index is 1.48. The number of fused-ring (bicyclic) bond motifs is 1. The van der Waals surface area contributed by atoms with Crippen molar-refractivity contribution in [2.75, 3.05) is 13.1 Å². The first-order valence-electron chi connectivity index (χ1n) is 10.1. The molecule has 6 nitrogen and oxygen atoms in total. The minimum Gasteiger partial charge on any atom is -0.478 e. The molecule has 1 aliphatic rings. The lowest BCUT2D eigenvalue weighted by Crippen LogP contribution is -2.38. The van der Waals surface area contributed by atoms with Crippen LogP contribution in [0.1, 0.15) is 63.4 Å². The second kappa shape index (κ2) is 7.70. The van der Waals surface area contributed by atoms with E-state index in [1.54, 1.807) is 6.92 Å². The van der Waals surface area contributed by atoms with Crippen molar-refractivity contribution in [3.05, 3.63) is 64.6 Å². The van der Waals surface area contributed by atoms with E-state index in [1.165, 1.54) is 34.2 Å². The van der Waals surface area contributed by atoms with E-state index in [1.807, 2.05) is 4.90 Å². The van der Waals surface area contributed by atoms with Crippen LogP contribution >= 0.6 is 0 Å². The van der Waals surface area contributed by atoms with E-state index in [0.29, 0.717) is 30.4 Å². The molecule has 0 radical (unpaired) electrons. The van der Waals surface area contributed by atoms with Crippen molar-refractivity contribution >= 4 is 22.8 Å². The van der Waals surface area contributed by atoms with Crippen LogP contribution in [0.5, 0.6) is 0 Å². The number of hydrogen-bond acceptors (Lipinski definition) is 3. The van der Waals surface area contributed by atoms with E-state index >= 15 is 0 Å². The molecule has 0 aliphatic carbocycles. The number of aromatic amines is 1. The summed E-state index contributed by atoms with van der Waals surface area (Å²) in [6.45, 7) is 5.13. The third kappa shape index (κ3) is 3.50. The minimum absolute atomic E-state index is 0.129. The van der Waals surface area contributed by atoms with Crippen molar-refractivity contribution in [1.29, 1.82) is 0 Å². The van der Waals surface area contributed by atoms with Crippen molar-refractivity contribution in [3.63, 3.8) is 0 Å². The van der Waals surface area contributed by atoms with Gasteiger partial charge in [-0.2, -0.15) is 0 Å². The van der Waals surface area contributed by atoms with Crippen molar-refractivity contribution in [2.45, 2.75) is 39.0 Å². The monoisotopic (exact) mass is 391 g/mol. The van der Waals surface area contributed by atoms with Crippen LogP contribution in [0.4, 0.5) is 0 Å². The molecule has 1 aromatic carbocycles. The molecule has 6 heteroatoms. The maximum Gasteiger partial charge on any atom is 0.337 e. The first-order valence-corrected chi connectivity index (χ1v) is 10.1. The van der Waals surface area contributed by atoms with Gasteiger partial charge in [-0.25, -0.2) is 9.78 Å². The number of nitrogens with zero attached hydrogens (tertiary/aromatic N) is 2. The van der Waals surface area contributed by atoms with Crippen LogP contribution in [0.25, 0.3) is 10.9 Å². The molecule has 1 aliphatic heterocycles. The summed E-state index contributed by atoms with van der Waals surface area (Å²) in [6.07, 6.45) is 4.93. The van der Waals surface area contributed by atoms with Crippen LogP contribution in [-0.2, 0) is 6.42 Å². The van der Waals surface area contributed by atoms with Gasteiger partial charge in [-0.3, -0.25) is 4.79 Å². The fraction of sp³-hybridized carbons (Fsp3) is 0.348. The number of aryl methyl sites for hydroxylation is 2. The Morgan fingerprint density at radius 3 is 2.62 bits per heavy atom.